The maximum absolute atomic E-state index is 12.1. The van der Waals surface area contributed by atoms with Crippen LogP contribution in [0.15, 0.2) is 48.6 Å². The lowest BCUT2D eigenvalue weighted by Gasteiger charge is -2.40. The second kappa shape index (κ2) is 12.4. The van der Waals surface area contributed by atoms with Gasteiger partial charge in [0.15, 0.2) is 23.0 Å². The molecule has 1 aliphatic heterocycles. The average molecular weight is 504 g/mol. The van der Waals surface area contributed by atoms with Crippen LogP contribution in [0.3, 0.4) is 0 Å². The highest BCUT2D eigenvalue weighted by molar-refractivity contribution is 5.87. The third-order valence-electron chi connectivity index (χ3n) is 5.32. The van der Waals surface area contributed by atoms with Gasteiger partial charge in [-0.1, -0.05) is 24.3 Å². The van der Waals surface area contributed by atoms with Gasteiger partial charge in [0, 0.05) is 6.08 Å². The molecule has 0 bridgehead atoms. The molecule has 0 aromatic heterocycles. The second-order valence-electron chi connectivity index (χ2n) is 7.84. The Kier molecular flexibility index (Phi) is 9.28. The number of carbonyl (C=O) groups is 1. The van der Waals surface area contributed by atoms with E-state index >= 15 is 0 Å². The van der Waals surface area contributed by atoms with Crippen molar-refractivity contribution >= 4 is 18.1 Å². The van der Waals surface area contributed by atoms with Crippen molar-refractivity contribution in [3.05, 3.63) is 59.7 Å². The van der Waals surface area contributed by atoms with Crippen molar-refractivity contribution in [2.24, 2.45) is 0 Å². The van der Waals surface area contributed by atoms with E-state index < -0.39 is 43.3 Å². The number of hydrogen-bond acceptors (Lipinski definition) is 11. The lowest BCUT2D eigenvalue weighted by atomic mass is 9.99. The van der Waals surface area contributed by atoms with Crippen molar-refractivity contribution in [3.63, 3.8) is 0 Å². The van der Waals surface area contributed by atoms with E-state index in [0.29, 0.717) is 16.9 Å². The Balaban J connectivity index is 1.64. The van der Waals surface area contributed by atoms with Gasteiger partial charge in [0.25, 0.3) is 0 Å². The van der Waals surface area contributed by atoms with Crippen LogP contribution in [-0.4, -0.2) is 87.6 Å². The molecule has 2 aromatic carbocycles. The van der Waals surface area contributed by atoms with Crippen molar-refractivity contribution in [1.29, 1.82) is 0 Å². The number of phenols is 2. The maximum atomic E-state index is 12.1. The maximum Gasteiger partial charge on any atom is 0.330 e. The molecule has 36 heavy (non-hydrogen) atoms. The molecule has 0 amide bonds. The van der Waals surface area contributed by atoms with E-state index in [1.165, 1.54) is 37.5 Å². The van der Waals surface area contributed by atoms with Gasteiger partial charge in [-0.05, 0) is 41.5 Å². The number of rotatable bonds is 9. The zero-order valence-corrected chi connectivity index (χ0v) is 19.3. The number of aliphatic hydroxyl groups excluding tert-OH is 4. The Labute approximate surface area is 206 Å². The third-order valence-corrected chi connectivity index (χ3v) is 5.32. The summed E-state index contributed by atoms with van der Waals surface area (Å²) in [7, 11) is 1.41. The summed E-state index contributed by atoms with van der Waals surface area (Å²) in [4.78, 5) is 12.1. The van der Waals surface area contributed by atoms with Gasteiger partial charge < -0.3 is 49.6 Å². The number of benzene rings is 2. The standard InChI is InChI=1S/C25H28O11/c1-33-19-12-14(3-2-10-26)5-8-18(19)35-25-24(32)23(31)22(30)20(36-25)13-34-21(29)9-6-15-4-7-16(27)17(28)11-15/h2-9,11-12,20,22-28,30-32H,10,13H2,1H3/t20-,22-,23+,24-,25-/m1/s1. The summed E-state index contributed by atoms with van der Waals surface area (Å²) >= 11 is 0. The second-order valence-corrected chi connectivity index (χ2v) is 7.84. The number of esters is 1. The molecule has 1 fully saturated rings. The molecule has 194 valence electrons. The number of aromatic hydroxyl groups is 2. The van der Waals surface area contributed by atoms with Gasteiger partial charge in [-0.2, -0.15) is 0 Å². The van der Waals surface area contributed by atoms with Gasteiger partial charge in [0.05, 0.1) is 13.7 Å². The Morgan fingerprint density at radius 1 is 0.944 bits per heavy atom. The molecule has 0 radical (unpaired) electrons. The number of methoxy groups -OCH3 is 1. The first-order valence-corrected chi connectivity index (χ1v) is 10.9. The SMILES string of the molecule is COc1cc(C=CCO)ccc1O[C@@H]1O[C@H](COC(=O)C=Cc2ccc(O)c(O)c2)[C@@H](O)[C@H](O)[C@H]1O. The zero-order valence-electron chi connectivity index (χ0n) is 19.3. The van der Waals surface area contributed by atoms with Crippen LogP contribution >= 0.6 is 0 Å². The Bertz CT molecular complexity index is 1100. The van der Waals surface area contributed by atoms with E-state index in [-0.39, 0.29) is 23.9 Å². The normalized spacial score (nSPS) is 24.2. The fraction of sp³-hybridized carbons (Fsp3) is 0.320. The minimum Gasteiger partial charge on any atom is -0.504 e. The molecule has 0 aliphatic carbocycles. The topological polar surface area (TPSA) is 175 Å². The van der Waals surface area contributed by atoms with Crippen molar-refractivity contribution in [1.82, 2.24) is 0 Å². The van der Waals surface area contributed by atoms with E-state index in [4.69, 9.17) is 24.1 Å². The summed E-state index contributed by atoms with van der Waals surface area (Å²) in [6.07, 6.45) is -1.87. The lowest BCUT2D eigenvalue weighted by Crippen LogP contribution is -2.60. The van der Waals surface area contributed by atoms with Crippen LogP contribution in [0.1, 0.15) is 11.1 Å². The number of aliphatic hydroxyl groups is 4. The molecule has 1 heterocycles. The predicted octanol–water partition coefficient (Wildman–Crippen LogP) is 0.555. The molecule has 0 unspecified atom stereocenters. The highest BCUT2D eigenvalue weighted by Crippen LogP contribution is 2.32. The van der Waals surface area contributed by atoms with Gasteiger partial charge in [-0.3, -0.25) is 0 Å². The summed E-state index contributed by atoms with van der Waals surface area (Å²) in [6.45, 7) is -0.595. The van der Waals surface area contributed by atoms with Crippen LogP contribution in [0.4, 0.5) is 0 Å². The highest BCUT2D eigenvalue weighted by Gasteiger charge is 2.45. The van der Waals surface area contributed by atoms with Crippen LogP contribution < -0.4 is 9.47 Å². The molecule has 0 saturated carbocycles. The molecule has 5 atom stereocenters. The molecule has 3 rings (SSSR count). The fourth-order valence-corrected chi connectivity index (χ4v) is 3.37. The smallest absolute Gasteiger partial charge is 0.330 e. The molecule has 0 spiro atoms. The van der Waals surface area contributed by atoms with E-state index in [1.807, 2.05) is 0 Å². The number of hydrogen-bond donors (Lipinski definition) is 6. The molecule has 11 heteroatoms. The van der Waals surface area contributed by atoms with Crippen molar-refractivity contribution in [3.8, 4) is 23.0 Å². The first-order chi connectivity index (χ1) is 17.2. The molecule has 2 aromatic rings. The average Bonchev–Trinajstić information content (AvgIpc) is 2.88. The summed E-state index contributed by atoms with van der Waals surface area (Å²) in [5, 5.41) is 58.7. The van der Waals surface area contributed by atoms with Crippen LogP contribution in [0, 0.1) is 0 Å². The monoisotopic (exact) mass is 504 g/mol. The van der Waals surface area contributed by atoms with Crippen molar-refractivity contribution < 1.29 is 54.4 Å². The van der Waals surface area contributed by atoms with E-state index in [1.54, 1.807) is 24.3 Å². The Hall–Kier alpha value is -3.61. The summed E-state index contributed by atoms with van der Waals surface area (Å²) < 4.78 is 21.6. The Morgan fingerprint density at radius 3 is 2.36 bits per heavy atom. The first-order valence-electron chi connectivity index (χ1n) is 10.9. The van der Waals surface area contributed by atoms with Gasteiger partial charge in [-0.15, -0.1) is 0 Å². The first kappa shape index (κ1) is 27.0. The number of ether oxygens (including phenoxy) is 4. The zero-order chi connectivity index (χ0) is 26.2. The third kappa shape index (κ3) is 6.74. The largest absolute Gasteiger partial charge is 0.504 e. The number of carbonyl (C=O) groups excluding carboxylic acids is 1. The molecular formula is C25H28O11. The molecular weight excluding hydrogens is 476 g/mol. The molecule has 1 aliphatic rings. The molecule has 11 nitrogen and oxygen atoms in total. The quantitative estimate of drug-likeness (QED) is 0.160. The van der Waals surface area contributed by atoms with Crippen molar-refractivity contribution in [2.75, 3.05) is 20.3 Å². The summed E-state index contributed by atoms with van der Waals surface area (Å²) in [5.41, 5.74) is 1.14. The minimum atomic E-state index is -1.65. The van der Waals surface area contributed by atoms with Crippen LogP contribution in [0.5, 0.6) is 23.0 Å². The minimum absolute atomic E-state index is 0.134. The summed E-state index contributed by atoms with van der Waals surface area (Å²) in [5.74, 6) is -0.981. The van der Waals surface area contributed by atoms with Gasteiger partial charge in [0.2, 0.25) is 6.29 Å². The predicted molar refractivity (Wildman–Crippen MR) is 126 cm³/mol. The lowest BCUT2D eigenvalue weighted by molar-refractivity contribution is -0.278. The fourth-order valence-electron chi connectivity index (χ4n) is 3.37. The van der Waals surface area contributed by atoms with Crippen LogP contribution in [0.25, 0.3) is 12.2 Å². The van der Waals surface area contributed by atoms with Crippen LogP contribution in [0.2, 0.25) is 0 Å². The highest BCUT2D eigenvalue weighted by atomic mass is 16.7. The van der Waals surface area contributed by atoms with E-state index in [0.717, 1.165) is 6.08 Å². The van der Waals surface area contributed by atoms with Crippen LogP contribution in [-0.2, 0) is 14.3 Å². The van der Waals surface area contributed by atoms with Gasteiger partial charge in [-0.25, -0.2) is 4.79 Å². The molecule has 1 saturated heterocycles. The van der Waals surface area contributed by atoms with Crippen molar-refractivity contribution in [2.45, 2.75) is 30.7 Å². The van der Waals surface area contributed by atoms with Gasteiger partial charge >= 0.3 is 5.97 Å². The summed E-state index contributed by atoms with van der Waals surface area (Å²) in [6, 6.07) is 8.82. The number of phenolic OH excluding ortho intramolecular Hbond substituents is 2. The molecule has 6 N–H and O–H groups in total. The van der Waals surface area contributed by atoms with Gasteiger partial charge in [0.1, 0.15) is 31.0 Å². The van der Waals surface area contributed by atoms with E-state index in [2.05, 4.69) is 0 Å². The van der Waals surface area contributed by atoms with E-state index in [9.17, 15) is 30.3 Å². The Morgan fingerprint density at radius 2 is 1.67 bits per heavy atom.